The van der Waals surface area contributed by atoms with Crippen LogP contribution in [-0.2, 0) is 0 Å². The predicted molar refractivity (Wildman–Crippen MR) is 99.8 cm³/mol. The van der Waals surface area contributed by atoms with Gasteiger partial charge in [-0.15, -0.1) is 0 Å². The van der Waals surface area contributed by atoms with Crippen molar-refractivity contribution in [1.29, 1.82) is 0 Å². The number of H-pyrrole nitrogens is 1. The molecule has 1 aliphatic rings. The van der Waals surface area contributed by atoms with E-state index in [-0.39, 0.29) is 0 Å². The van der Waals surface area contributed by atoms with Gasteiger partial charge in [0.2, 0.25) is 0 Å². The molecule has 6 nitrogen and oxygen atoms in total. The van der Waals surface area contributed by atoms with Crippen molar-refractivity contribution in [2.45, 2.75) is 0 Å². The standard InChI is InChI=1S/C18H19ClN6/c1-24-8-10-25(11-9-24)18-16(15-6-7-20-12-21-15)17(22-23-18)13-2-4-14(19)5-3-13/h2-7,12H,8-11H2,1H3,(H,22,23). The number of hydrogen-bond acceptors (Lipinski definition) is 5. The van der Waals surface area contributed by atoms with Gasteiger partial charge in [0.1, 0.15) is 6.33 Å². The van der Waals surface area contributed by atoms with Crippen molar-refractivity contribution in [3.63, 3.8) is 0 Å². The molecular weight excluding hydrogens is 336 g/mol. The second-order valence-electron chi connectivity index (χ2n) is 6.19. The van der Waals surface area contributed by atoms with Gasteiger partial charge in [0.25, 0.3) is 0 Å². The summed E-state index contributed by atoms with van der Waals surface area (Å²) in [7, 11) is 2.15. The zero-order chi connectivity index (χ0) is 17.2. The smallest absolute Gasteiger partial charge is 0.160 e. The maximum atomic E-state index is 6.04. The van der Waals surface area contributed by atoms with E-state index >= 15 is 0 Å². The van der Waals surface area contributed by atoms with Gasteiger partial charge in [0, 0.05) is 43.0 Å². The van der Waals surface area contributed by atoms with E-state index < -0.39 is 0 Å². The van der Waals surface area contributed by atoms with Gasteiger partial charge in [-0.2, -0.15) is 5.10 Å². The van der Waals surface area contributed by atoms with Gasteiger partial charge in [-0.3, -0.25) is 5.10 Å². The second kappa shape index (κ2) is 6.82. The van der Waals surface area contributed by atoms with E-state index in [4.69, 9.17) is 11.6 Å². The molecule has 0 saturated carbocycles. The highest BCUT2D eigenvalue weighted by Gasteiger charge is 2.24. The molecular formula is C18H19ClN6. The summed E-state index contributed by atoms with van der Waals surface area (Å²) >= 11 is 6.04. The van der Waals surface area contributed by atoms with Gasteiger partial charge >= 0.3 is 0 Å². The summed E-state index contributed by atoms with van der Waals surface area (Å²) in [6.45, 7) is 3.93. The van der Waals surface area contributed by atoms with Crippen LogP contribution in [0.5, 0.6) is 0 Å². The molecule has 2 aromatic heterocycles. The summed E-state index contributed by atoms with van der Waals surface area (Å²) in [6.07, 6.45) is 3.33. The molecule has 1 N–H and O–H groups in total. The van der Waals surface area contributed by atoms with Gasteiger partial charge < -0.3 is 9.80 Å². The SMILES string of the molecule is CN1CCN(c2n[nH]c(-c3ccc(Cl)cc3)c2-c2ccncn2)CC1. The number of piperazine rings is 1. The van der Waals surface area contributed by atoms with Crippen LogP contribution in [0.25, 0.3) is 22.5 Å². The quantitative estimate of drug-likeness (QED) is 0.783. The molecule has 25 heavy (non-hydrogen) atoms. The number of benzene rings is 1. The summed E-state index contributed by atoms with van der Waals surface area (Å²) in [4.78, 5) is 13.1. The first-order chi connectivity index (χ1) is 12.2. The molecule has 3 aromatic rings. The average molecular weight is 355 g/mol. The predicted octanol–water partition coefficient (Wildman–Crippen LogP) is 2.94. The van der Waals surface area contributed by atoms with Gasteiger partial charge in [0.05, 0.1) is 17.0 Å². The van der Waals surface area contributed by atoms with Crippen molar-refractivity contribution in [2.24, 2.45) is 0 Å². The molecule has 0 atom stereocenters. The number of rotatable bonds is 3. The van der Waals surface area contributed by atoms with Gasteiger partial charge in [0.15, 0.2) is 5.82 Å². The Labute approximate surface area is 151 Å². The third-order valence-electron chi connectivity index (χ3n) is 4.52. The highest BCUT2D eigenvalue weighted by Crippen LogP contribution is 2.37. The molecule has 128 valence electrons. The summed E-state index contributed by atoms with van der Waals surface area (Å²) in [6, 6.07) is 9.68. The summed E-state index contributed by atoms with van der Waals surface area (Å²) < 4.78 is 0. The normalized spacial score (nSPS) is 15.5. The molecule has 0 bridgehead atoms. The molecule has 0 unspecified atom stereocenters. The molecule has 0 radical (unpaired) electrons. The summed E-state index contributed by atoms with van der Waals surface area (Å²) in [5.41, 5.74) is 3.85. The van der Waals surface area contributed by atoms with Crippen LogP contribution in [0.4, 0.5) is 5.82 Å². The van der Waals surface area contributed by atoms with Crippen LogP contribution in [0.1, 0.15) is 0 Å². The minimum Gasteiger partial charge on any atom is -0.352 e. The number of nitrogens with zero attached hydrogens (tertiary/aromatic N) is 5. The Morgan fingerprint density at radius 1 is 1.04 bits per heavy atom. The number of halogens is 1. The molecule has 1 fully saturated rings. The van der Waals surface area contributed by atoms with Gasteiger partial charge in [-0.1, -0.05) is 23.7 Å². The number of anilines is 1. The lowest BCUT2D eigenvalue weighted by Gasteiger charge is -2.33. The van der Waals surface area contributed by atoms with Gasteiger partial charge in [-0.05, 0) is 25.2 Å². The van der Waals surface area contributed by atoms with E-state index in [9.17, 15) is 0 Å². The highest BCUT2D eigenvalue weighted by atomic mass is 35.5. The number of aromatic amines is 1. The molecule has 1 aromatic carbocycles. The molecule has 1 aliphatic heterocycles. The van der Waals surface area contributed by atoms with Gasteiger partial charge in [-0.25, -0.2) is 9.97 Å². The van der Waals surface area contributed by atoms with Crippen molar-refractivity contribution in [1.82, 2.24) is 25.1 Å². The third kappa shape index (κ3) is 3.23. The highest BCUT2D eigenvalue weighted by molar-refractivity contribution is 6.30. The topological polar surface area (TPSA) is 60.9 Å². The van der Waals surface area contributed by atoms with E-state index in [1.165, 1.54) is 0 Å². The lowest BCUT2D eigenvalue weighted by molar-refractivity contribution is 0.312. The first kappa shape index (κ1) is 16.1. The Hall–Kier alpha value is -2.44. The lowest BCUT2D eigenvalue weighted by Crippen LogP contribution is -2.44. The van der Waals surface area contributed by atoms with Crippen LogP contribution < -0.4 is 4.90 Å². The zero-order valence-corrected chi connectivity index (χ0v) is 14.7. The fourth-order valence-electron chi connectivity index (χ4n) is 3.09. The van der Waals surface area contributed by atoms with E-state index in [1.54, 1.807) is 12.5 Å². The third-order valence-corrected chi connectivity index (χ3v) is 4.77. The first-order valence-electron chi connectivity index (χ1n) is 8.26. The van der Waals surface area contributed by atoms with E-state index in [0.29, 0.717) is 5.02 Å². The summed E-state index contributed by atoms with van der Waals surface area (Å²) in [5, 5.41) is 8.55. The van der Waals surface area contributed by atoms with Crippen LogP contribution in [0.3, 0.4) is 0 Å². The minimum absolute atomic E-state index is 0.714. The van der Waals surface area contributed by atoms with E-state index in [2.05, 4.69) is 37.0 Å². The number of aromatic nitrogens is 4. The Balaban J connectivity index is 1.81. The maximum Gasteiger partial charge on any atom is 0.160 e. The maximum absolute atomic E-state index is 6.04. The molecule has 3 heterocycles. The fraction of sp³-hybridized carbons (Fsp3) is 0.278. The van der Waals surface area contributed by atoms with Crippen molar-refractivity contribution >= 4 is 17.4 Å². The first-order valence-corrected chi connectivity index (χ1v) is 8.64. The molecule has 0 spiro atoms. The van der Waals surface area contributed by atoms with E-state index in [1.807, 2.05) is 30.3 Å². The molecule has 0 aliphatic carbocycles. The van der Waals surface area contributed by atoms with Crippen molar-refractivity contribution in [3.05, 3.63) is 47.9 Å². The molecule has 0 amide bonds. The molecule has 4 rings (SSSR count). The number of likely N-dealkylation sites (N-methyl/N-ethyl adjacent to an activating group) is 1. The lowest BCUT2D eigenvalue weighted by atomic mass is 10.0. The Morgan fingerprint density at radius 2 is 1.80 bits per heavy atom. The number of hydrogen-bond donors (Lipinski definition) is 1. The Morgan fingerprint density at radius 3 is 2.48 bits per heavy atom. The molecule has 7 heteroatoms. The fourth-order valence-corrected chi connectivity index (χ4v) is 3.21. The van der Waals surface area contributed by atoms with Crippen LogP contribution in [0.2, 0.25) is 5.02 Å². The average Bonchev–Trinajstić information content (AvgIpc) is 3.09. The zero-order valence-electron chi connectivity index (χ0n) is 14.0. The van der Waals surface area contributed by atoms with E-state index in [0.717, 1.165) is 54.5 Å². The van der Waals surface area contributed by atoms with Crippen molar-refractivity contribution in [2.75, 3.05) is 38.1 Å². The Kier molecular flexibility index (Phi) is 4.38. The van der Waals surface area contributed by atoms with Crippen LogP contribution in [-0.4, -0.2) is 58.3 Å². The minimum atomic E-state index is 0.714. The number of nitrogens with one attached hydrogen (secondary N) is 1. The van der Waals surface area contributed by atoms with Crippen molar-refractivity contribution in [3.8, 4) is 22.5 Å². The molecule has 1 saturated heterocycles. The largest absolute Gasteiger partial charge is 0.352 e. The van der Waals surface area contributed by atoms with Crippen LogP contribution in [0.15, 0.2) is 42.9 Å². The van der Waals surface area contributed by atoms with Crippen LogP contribution >= 0.6 is 11.6 Å². The monoisotopic (exact) mass is 354 g/mol. The van der Waals surface area contributed by atoms with Crippen molar-refractivity contribution < 1.29 is 0 Å². The summed E-state index contributed by atoms with van der Waals surface area (Å²) in [5.74, 6) is 0.941. The Bertz CT molecular complexity index is 838. The van der Waals surface area contributed by atoms with Crippen LogP contribution in [0, 0.1) is 0 Å². The second-order valence-corrected chi connectivity index (χ2v) is 6.63.